The first-order chi connectivity index (χ1) is 20.6. The molecule has 1 aromatic heterocycles. The number of aryl methyl sites for hydroxylation is 1. The molecular formula is C30H40ClN5O6. The first-order valence-corrected chi connectivity index (χ1v) is 14.7. The zero-order chi connectivity index (χ0) is 29.6. The van der Waals surface area contributed by atoms with Crippen LogP contribution >= 0.6 is 11.6 Å². The number of rotatable bonds is 19. The molecule has 0 bridgehead atoms. The molecule has 0 spiro atoms. The zero-order valence-electron chi connectivity index (χ0n) is 23.8. The number of benzene rings is 1. The van der Waals surface area contributed by atoms with E-state index < -0.39 is 0 Å². The molecule has 42 heavy (non-hydrogen) atoms. The van der Waals surface area contributed by atoms with Crippen molar-refractivity contribution in [2.75, 3.05) is 76.2 Å². The number of aromatic nitrogens is 2. The first kappa shape index (κ1) is 32.1. The summed E-state index contributed by atoms with van der Waals surface area (Å²) in [5.74, 6) is 3.40. The van der Waals surface area contributed by atoms with Gasteiger partial charge in [-0.15, -0.1) is 6.42 Å². The number of ether oxygens (including phenoxy) is 5. The molecule has 0 amide bonds. The predicted octanol–water partition coefficient (Wildman–Crippen LogP) is 3.23. The van der Waals surface area contributed by atoms with Gasteiger partial charge < -0.3 is 44.4 Å². The van der Waals surface area contributed by atoms with E-state index in [4.69, 9.17) is 47.1 Å². The van der Waals surface area contributed by atoms with Gasteiger partial charge in [0.1, 0.15) is 24.5 Å². The number of aliphatic hydroxyl groups excluding tert-OH is 1. The van der Waals surface area contributed by atoms with Gasteiger partial charge in [-0.05, 0) is 48.4 Å². The van der Waals surface area contributed by atoms with Gasteiger partial charge in [0.2, 0.25) is 5.28 Å². The summed E-state index contributed by atoms with van der Waals surface area (Å²) in [5.41, 5.74) is 3.06. The Bertz CT molecular complexity index is 1180. The van der Waals surface area contributed by atoms with Crippen molar-refractivity contribution < 1.29 is 28.8 Å². The van der Waals surface area contributed by atoms with Crippen molar-refractivity contribution in [2.45, 2.75) is 44.1 Å². The minimum Gasteiger partial charge on any atom is -0.394 e. The molecule has 2 aliphatic rings. The van der Waals surface area contributed by atoms with E-state index in [2.05, 4.69) is 44.3 Å². The maximum absolute atomic E-state index is 9.45. The number of nitrogens with one attached hydrogen (secondary N) is 2. The molecule has 11 nitrogen and oxygen atoms in total. The number of fused-ring (bicyclic) bond motifs is 1. The van der Waals surface area contributed by atoms with Crippen molar-refractivity contribution in [3.63, 3.8) is 0 Å². The van der Waals surface area contributed by atoms with Crippen molar-refractivity contribution in [3.8, 4) is 12.3 Å². The molecule has 228 valence electrons. The van der Waals surface area contributed by atoms with Gasteiger partial charge in [-0.2, -0.15) is 9.97 Å². The summed E-state index contributed by atoms with van der Waals surface area (Å²) in [6, 6.07) is 8.44. The highest BCUT2D eigenvalue weighted by Gasteiger charge is 2.32. The maximum Gasteiger partial charge on any atom is 0.226 e. The lowest BCUT2D eigenvalue weighted by Gasteiger charge is -2.32. The van der Waals surface area contributed by atoms with Crippen LogP contribution in [-0.4, -0.2) is 99.6 Å². The molecule has 1 fully saturated rings. The molecule has 3 unspecified atom stereocenters. The molecule has 0 saturated carbocycles. The van der Waals surface area contributed by atoms with Crippen LogP contribution in [0.25, 0.3) is 0 Å². The lowest BCUT2D eigenvalue weighted by molar-refractivity contribution is 0.00201. The summed E-state index contributed by atoms with van der Waals surface area (Å²) in [6.45, 7) is 3.94. The average Bonchev–Trinajstić information content (AvgIpc) is 3.64. The highest BCUT2D eigenvalue weighted by molar-refractivity contribution is 6.28. The second-order valence-corrected chi connectivity index (χ2v) is 10.3. The van der Waals surface area contributed by atoms with E-state index in [0.29, 0.717) is 76.4 Å². The Morgan fingerprint density at radius 2 is 1.76 bits per heavy atom. The van der Waals surface area contributed by atoms with Gasteiger partial charge in [-0.25, -0.2) is 0 Å². The number of halogens is 1. The van der Waals surface area contributed by atoms with Crippen molar-refractivity contribution in [1.82, 2.24) is 9.97 Å². The van der Waals surface area contributed by atoms with E-state index in [1.807, 2.05) is 6.07 Å². The number of nitrogens with zero attached hydrogens (tertiary/aromatic N) is 3. The highest BCUT2D eigenvalue weighted by Crippen LogP contribution is 2.39. The Kier molecular flexibility index (Phi) is 13.2. The largest absolute Gasteiger partial charge is 0.394 e. The molecule has 2 heterocycles. The molecule has 1 aromatic carbocycles. The maximum atomic E-state index is 9.45. The second kappa shape index (κ2) is 17.3. The van der Waals surface area contributed by atoms with Crippen LogP contribution in [0.4, 0.5) is 11.6 Å². The van der Waals surface area contributed by atoms with Gasteiger partial charge in [0.15, 0.2) is 0 Å². The van der Waals surface area contributed by atoms with Crippen LogP contribution in [0, 0.1) is 17.8 Å². The molecule has 1 aliphatic carbocycles. The smallest absolute Gasteiger partial charge is 0.226 e. The lowest BCUT2D eigenvalue weighted by Crippen LogP contribution is -2.33. The van der Waals surface area contributed by atoms with Gasteiger partial charge in [-0.3, -0.25) is 0 Å². The topological polar surface area (TPSA) is 131 Å². The van der Waals surface area contributed by atoms with Crippen molar-refractivity contribution in [2.24, 2.45) is 0 Å². The van der Waals surface area contributed by atoms with Crippen LogP contribution in [0.3, 0.4) is 0 Å². The van der Waals surface area contributed by atoms with Crippen LogP contribution in [0.15, 0.2) is 24.3 Å². The summed E-state index contributed by atoms with van der Waals surface area (Å²) in [6.07, 6.45) is 9.13. The third-order valence-electron chi connectivity index (χ3n) is 7.18. The minimum absolute atomic E-state index is 0.0395. The Balaban J connectivity index is 1.37. The molecule has 12 heteroatoms. The van der Waals surface area contributed by atoms with Gasteiger partial charge in [0, 0.05) is 12.8 Å². The highest BCUT2D eigenvalue weighted by atomic mass is 35.5. The fourth-order valence-corrected chi connectivity index (χ4v) is 5.38. The molecule has 1 saturated heterocycles. The molecule has 3 atom stereocenters. The van der Waals surface area contributed by atoms with E-state index >= 15 is 0 Å². The number of hydrogen-bond donors (Lipinski definition) is 3. The normalized spacial score (nSPS) is 19.4. The number of anilines is 2. The SMILES string of the molecule is C#CCOCCOCCOCCOCCN(c1nc(Cl)nc(NC2CCC(CO)O2)c1C=N)C1CCc2ccccc21. The van der Waals surface area contributed by atoms with E-state index in [1.165, 1.54) is 17.3 Å². The van der Waals surface area contributed by atoms with E-state index in [1.54, 1.807) is 0 Å². The summed E-state index contributed by atoms with van der Waals surface area (Å²) in [4.78, 5) is 11.2. The van der Waals surface area contributed by atoms with Crippen LogP contribution < -0.4 is 10.2 Å². The molecule has 0 radical (unpaired) electrons. The first-order valence-electron chi connectivity index (χ1n) is 14.3. The predicted molar refractivity (Wildman–Crippen MR) is 160 cm³/mol. The molecule has 4 rings (SSSR count). The van der Waals surface area contributed by atoms with Gasteiger partial charge in [0.05, 0.1) is 70.6 Å². The van der Waals surface area contributed by atoms with E-state index in [0.717, 1.165) is 19.3 Å². The van der Waals surface area contributed by atoms with Gasteiger partial charge in [0.25, 0.3) is 0 Å². The minimum atomic E-state index is -0.337. The quantitative estimate of drug-likeness (QED) is 0.0954. The van der Waals surface area contributed by atoms with Crippen LogP contribution in [0.1, 0.15) is 42.0 Å². The summed E-state index contributed by atoms with van der Waals surface area (Å²) in [5, 5.41) is 21.1. The number of hydrogen-bond acceptors (Lipinski definition) is 11. The van der Waals surface area contributed by atoms with Gasteiger partial charge in [-0.1, -0.05) is 30.2 Å². The Morgan fingerprint density at radius 1 is 1.05 bits per heavy atom. The molecule has 1 aliphatic heterocycles. The molecule has 2 aromatic rings. The lowest BCUT2D eigenvalue weighted by atomic mass is 10.1. The number of terminal acetylenes is 1. The third kappa shape index (κ3) is 9.09. The van der Waals surface area contributed by atoms with Crippen LogP contribution in [0.5, 0.6) is 0 Å². The standard InChI is InChI=1S/C30H40ClN5O6/c1-2-12-38-14-16-40-18-19-41-17-15-39-13-11-36(26-9-7-22-5-3-4-6-24(22)26)29-25(20-32)28(34-30(31)35-29)33-27-10-8-23(21-37)42-27/h1,3-6,20,23,26-27,32,37H,7-19,21H2,(H,33,34,35). The van der Waals surface area contributed by atoms with Crippen molar-refractivity contribution in [1.29, 1.82) is 5.41 Å². The molecule has 3 N–H and O–H groups in total. The van der Waals surface area contributed by atoms with Crippen LogP contribution in [0.2, 0.25) is 5.28 Å². The number of aliphatic hydroxyl groups is 1. The Labute approximate surface area is 252 Å². The van der Waals surface area contributed by atoms with Crippen molar-refractivity contribution >= 4 is 29.5 Å². The fourth-order valence-electron chi connectivity index (χ4n) is 5.21. The van der Waals surface area contributed by atoms with Crippen molar-refractivity contribution in [3.05, 3.63) is 46.2 Å². The zero-order valence-corrected chi connectivity index (χ0v) is 24.6. The Hall–Kier alpha value is -2.82. The monoisotopic (exact) mass is 601 g/mol. The third-order valence-corrected chi connectivity index (χ3v) is 7.35. The summed E-state index contributed by atoms with van der Waals surface area (Å²) in [7, 11) is 0. The Morgan fingerprint density at radius 3 is 2.45 bits per heavy atom. The van der Waals surface area contributed by atoms with Gasteiger partial charge >= 0.3 is 0 Å². The fraction of sp³-hybridized carbons (Fsp3) is 0.567. The second-order valence-electron chi connectivity index (χ2n) is 9.91. The van der Waals surface area contributed by atoms with Crippen LogP contribution in [-0.2, 0) is 30.1 Å². The average molecular weight is 602 g/mol. The van der Waals surface area contributed by atoms with E-state index in [9.17, 15) is 5.11 Å². The van der Waals surface area contributed by atoms with E-state index in [-0.39, 0.29) is 36.9 Å². The molecular weight excluding hydrogens is 562 g/mol. The summed E-state index contributed by atoms with van der Waals surface area (Å²) < 4.78 is 28.0. The summed E-state index contributed by atoms with van der Waals surface area (Å²) >= 11 is 6.44.